The second-order valence-corrected chi connectivity index (χ2v) is 7.36. The first-order valence-electron chi connectivity index (χ1n) is 9.90. The molecule has 2 atom stereocenters. The van der Waals surface area contributed by atoms with Crippen molar-refractivity contribution in [2.75, 3.05) is 6.61 Å². The van der Waals surface area contributed by atoms with Crippen LogP contribution in [0.15, 0.2) is 77.4 Å². The van der Waals surface area contributed by atoms with Crippen molar-refractivity contribution in [3.05, 3.63) is 94.3 Å². The van der Waals surface area contributed by atoms with Crippen molar-refractivity contribution in [2.45, 2.75) is 31.6 Å². The largest absolute Gasteiger partial charge is 0.462 e. The number of hydrogen-bond donors (Lipinski definition) is 1. The standard InChI is InChI=1S/C24H22FNO4/c1-2-29-24(28)22-20(15-8-10-17(25)11-9-15)21-18(27)12-16(13-19(21)30-23(22)26)14-6-4-3-5-7-14/h3-11,16,20H,2,12-13,26H2,1H3/t16-,20+/m0/s1. The molecule has 0 spiro atoms. The molecule has 1 aliphatic heterocycles. The van der Waals surface area contributed by atoms with Crippen molar-refractivity contribution in [2.24, 2.45) is 5.73 Å². The quantitative estimate of drug-likeness (QED) is 0.773. The van der Waals surface area contributed by atoms with Gasteiger partial charge in [-0.2, -0.15) is 0 Å². The fourth-order valence-corrected chi connectivity index (χ4v) is 4.16. The number of nitrogens with two attached hydrogens (primary N) is 1. The lowest BCUT2D eigenvalue weighted by molar-refractivity contribution is -0.139. The van der Waals surface area contributed by atoms with E-state index in [2.05, 4.69) is 0 Å². The predicted octanol–water partition coefficient (Wildman–Crippen LogP) is 4.07. The summed E-state index contributed by atoms with van der Waals surface area (Å²) < 4.78 is 24.5. The maximum Gasteiger partial charge on any atom is 0.340 e. The molecule has 2 aliphatic rings. The molecule has 0 bridgehead atoms. The SMILES string of the molecule is CCOC(=O)C1=C(N)OC2=C(C(=O)C[C@H](c3ccccc3)C2)[C@H]1c1ccc(F)cc1. The number of rotatable bonds is 4. The van der Waals surface area contributed by atoms with Gasteiger partial charge in [0.2, 0.25) is 5.88 Å². The molecule has 0 amide bonds. The lowest BCUT2D eigenvalue weighted by Gasteiger charge is -2.35. The van der Waals surface area contributed by atoms with Crippen LogP contribution in [0.4, 0.5) is 4.39 Å². The highest BCUT2D eigenvalue weighted by Gasteiger charge is 2.43. The first-order chi connectivity index (χ1) is 14.5. The van der Waals surface area contributed by atoms with Gasteiger partial charge in [-0.25, -0.2) is 9.18 Å². The Morgan fingerprint density at radius 2 is 1.80 bits per heavy atom. The molecule has 0 fully saturated rings. The Morgan fingerprint density at radius 3 is 2.47 bits per heavy atom. The van der Waals surface area contributed by atoms with Crippen LogP contribution in [-0.4, -0.2) is 18.4 Å². The first kappa shape index (κ1) is 19.9. The molecule has 0 radical (unpaired) electrons. The van der Waals surface area contributed by atoms with Crippen LogP contribution in [-0.2, 0) is 19.1 Å². The molecule has 0 unspecified atom stereocenters. The van der Waals surface area contributed by atoms with Gasteiger partial charge in [0.15, 0.2) is 5.78 Å². The Kier molecular flexibility index (Phi) is 5.40. The zero-order valence-electron chi connectivity index (χ0n) is 16.6. The molecule has 5 nitrogen and oxygen atoms in total. The van der Waals surface area contributed by atoms with E-state index in [4.69, 9.17) is 15.2 Å². The van der Waals surface area contributed by atoms with Gasteiger partial charge in [0.1, 0.15) is 17.1 Å². The molecule has 30 heavy (non-hydrogen) atoms. The Labute approximate surface area is 174 Å². The summed E-state index contributed by atoms with van der Waals surface area (Å²) in [6, 6.07) is 15.4. The molecule has 0 saturated heterocycles. The van der Waals surface area contributed by atoms with E-state index in [-0.39, 0.29) is 29.8 Å². The van der Waals surface area contributed by atoms with E-state index in [0.29, 0.717) is 29.7 Å². The molecule has 6 heteroatoms. The first-order valence-corrected chi connectivity index (χ1v) is 9.90. The molecule has 0 aromatic heterocycles. The summed E-state index contributed by atoms with van der Waals surface area (Å²) >= 11 is 0. The Balaban J connectivity index is 1.80. The number of ether oxygens (including phenoxy) is 2. The van der Waals surface area contributed by atoms with E-state index in [9.17, 15) is 14.0 Å². The van der Waals surface area contributed by atoms with Gasteiger partial charge in [0.05, 0.1) is 12.5 Å². The summed E-state index contributed by atoms with van der Waals surface area (Å²) in [6.07, 6.45) is 0.777. The monoisotopic (exact) mass is 407 g/mol. The van der Waals surface area contributed by atoms with Gasteiger partial charge >= 0.3 is 5.97 Å². The molecule has 4 rings (SSSR count). The maximum atomic E-state index is 13.5. The number of allylic oxidation sites excluding steroid dienone is 2. The van der Waals surface area contributed by atoms with Gasteiger partial charge in [-0.3, -0.25) is 4.79 Å². The second kappa shape index (κ2) is 8.14. The van der Waals surface area contributed by atoms with Crippen molar-refractivity contribution in [1.29, 1.82) is 0 Å². The number of carbonyl (C=O) groups excluding carboxylic acids is 2. The number of hydrogen-bond acceptors (Lipinski definition) is 5. The third-order valence-corrected chi connectivity index (χ3v) is 5.51. The van der Waals surface area contributed by atoms with Gasteiger partial charge in [-0.05, 0) is 36.1 Å². The fourth-order valence-electron chi connectivity index (χ4n) is 4.16. The van der Waals surface area contributed by atoms with E-state index in [1.54, 1.807) is 19.1 Å². The summed E-state index contributed by atoms with van der Waals surface area (Å²) in [6.45, 7) is 1.84. The molecule has 1 heterocycles. The number of ketones is 1. The Bertz CT molecular complexity index is 1040. The number of Topliss-reactive ketones (excluding diaryl/α,β-unsaturated/α-hetero) is 1. The molecule has 2 N–H and O–H groups in total. The number of benzene rings is 2. The van der Waals surface area contributed by atoms with Gasteiger partial charge < -0.3 is 15.2 Å². The van der Waals surface area contributed by atoms with Crippen molar-refractivity contribution in [1.82, 2.24) is 0 Å². The highest BCUT2D eigenvalue weighted by Crippen LogP contribution is 2.47. The third-order valence-electron chi connectivity index (χ3n) is 5.51. The highest BCUT2D eigenvalue weighted by atomic mass is 19.1. The lowest BCUT2D eigenvalue weighted by Crippen LogP contribution is -2.33. The minimum absolute atomic E-state index is 0.0386. The van der Waals surface area contributed by atoms with E-state index in [1.807, 2.05) is 30.3 Å². The van der Waals surface area contributed by atoms with E-state index < -0.39 is 17.7 Å². The molecular weight excluding hydrogens is 385 g/mol. The van der Waals surface area contributed by atoms with Crippen LogP contribution in [0.25, 0.3) is 0 Å². The average molecular weight is 407 g/mol. The highest BCUT2D eigenvalue weighted by molar-refractivity contribution is 6.03. The maximum absolute atomic E-state index is 13.5. The van der Waals surface area contributed by atoms with Gasteiger partial charge in [-0.1, -0.05) is 42.5 Å². The number of halogens is 1. The Morgan fingerprint density at radius 1 is 1.10 bits per heavy atom. The van der Waals surface area contributed by atoms with E-state index >= 15 is 0 Å². The number of carbonyl (C=O) groups is 2. The average Bonchev–Trinajstić information content (AvgIpc) is 2.74. The zero-order valence-corrected chi connectivity index (χ0v) is 16.6. The zero-order chi connectivity index (χ0) is 21.3. The van der Waals surface area contributed by atoms with Gasteiger partial charge in [0.25, 0.3) is 0 Å². The molecule has 2 aromatic carbocycles. The Hall–Kier alpha value is -3.41. The smallest absolute Gasteiger partial charge is 0.340 e. The van der Waals surface area contributed by atoms with Crippen LogP contribution in [0.1, 0.15) is 42.7 Å². The normalized spacial score (nSPS) is 21.2. The predicted molar refractivity (Wildman–Crippen MR) is 109 cm³/mol. The minimum atomic E-state index is -0.752. The van der Waals surface area contributed by atoms with Crippen molar-refractivity contribution >= 4 is 11.8 Å². The van der Waals surface area contributed by atoms with Crippen LogP contribution < -0.4 is 5.73 Å². The topological polar surface area (TPSA) is 78.6 Å². The van der Waals surface area contributed by atoms with Crippen molar-refractivity contribution in [3.63, 3.8) is 0 Å². The fraction of sp³-hybridized carbons (Fsp3) is 0.250. The second-order valence-electron chi connectivity index (χ2n) is 7.36. The van der Waals surface area contributed by atoms with Crippen LogP contribution in [0, 0.1) is 5.82 Å². The van der Waals surface area contributed by atoms with Crippen LogP contribution in [0.3, 0.4) is 0 Å². The lowest BCUT2D eigenvalue weighted by atomic mass is 9.73. The van der Waals surface area contributed by atoms with E-state index in [1.165, 1.54) is 12.1 Å². The molecule has 0 saturated carbocycles. The summed E-state index contributed by atoms with van der Waals surface area (Å²) in [4.78, 5) is 25.9. The molecule has 1 aliphatic carbocycles. The summed E-state index contributed by atoms with van der Waals surface area (Å²) in [7, 11) is 0. The van der Waals surface area contributed by atoms with Gasteiger partial charge in [0, 0.05) is 18.4 Å². The van der Waals surface area contributed by atoms with Gasteiger partial charge in [-0.15, -0.1) is 0 Å². The summed E-state index contributed by atoms with van der Waals surface area (Å²) in [5.74, 6) is -1.58. The van der Waals surface area contributed by atoms with Crippen LogP contribution >= 0.6 is 0 Å². The van der Waals surface area contributed by atoms with Crippen LogP contribution in [0.5, 0.6) is 0 Å². The van der Waals surface area contributed by atoms with E-state index in [0.717, 1.165) is 5.56 Å². The molecule has 2 aromatic rings. The van der Waals surface area contributed by atoms with Crippen molar-refractivity contribution < 1.29 is 23.5 Å². The molecular formula is C24H22FNO4. The summed E-state index contributed by atoms with van der Waals surface area (Å²) in [5.41, 5.74) is 8.24. The van der Waals surface area contributed by atoms with Crippen molar-refractivity contribution in [3.8, 4) is 0 Å². The summed E-state index contributed by atoms with van der Waals surface area (Å²) in [5, 5.41) is 0. The third kappa shape index (κ3) is 3.61. The number of esters is 1. The molecule has 154 valence electrons. The van der Waals surface area contributed by atoms with Crippen LogP contribution in [0.2, 0.25) is 0 Å². The minimum Gasteiger partial charge on any atom is -0.462 e.